The number of amides is 2. The molecule has 3 heterocycles. The first-order valence-electron chi connectivity index (χ1n) is 13.6. The standard InChI is InChI=1S/C30H35N5O5/c1-30(2,3)39-29(37)34-16-8-11-23(18-34)27-31-26(33-40-27)25-17-24(32-38-4)19-35(25)28(36)22-14-12-21(13-15-22)20-9-6-5-7-10-20/h5-7,9-10,12-15,23,25H,8,11,16-19H2,1-4H3/b32-24+/t23-,25+/m1/s1. The zero-order valence-corrected chi connectivity index (χ0v) is 23.4. The second-order valence-electron chi connectivity index (χ2n) is 11.2. The predicted octanol–water partition coefficient (Wildman–Crippen LogP) is 5.44. The molecule has 2 aliphatic rings. The van der Waals surface area contributed by atoms with E-state index in [0.717, 1.165) is 29.7 Å². The van der Waals surface area contributed by atoms with E-state index in [4.69, 9.17) is 19.1 Å². The molecule has 0 spiro atoms. The van der Waals surface area contributed by atoms with Gasteiger partial charge in [-0.1, -0.05) is 52.8 Å². The molecule has 2 saturated heterocycles. The lowest BCUT2D eigenvalue weighted by atomic mass is 9.98. The molecule has 0 aliphatic carbocycles. The van der Waals surface area contributed by atoms with Crippen LogP contribution in [-0.2, 0) is 9.57 Å². The van der Waals surface area contributed by atoms with E-state index < -0.39 is 11.6 Å². The van der Waals surface area contributed by atoms with Crippen LogP contribution in [0.2, 0.25) is 0 Å². The number of ether oxygens (including phenoxy) is 1. The van der Waals surface area contributed by atoms with Crippen LogP contribution in [0.1, 0.15) is 74.1 Å². The maximum absolute atomic E-state index is 13.7. The predicted molar refractivity (Wildman–Crippen MR) is 149 cm³/mol. The molecular formula is C30H35N5O5. The number of nitrogens with zero attached hydrogens (tertiary/aromatic N) is 5. The van der Waals surface area contributed by atoms with E-state index >= 15 is 0 Å². The van der Waals surface area contributed by atoms with E-state index in [0.29, 0.717) is 43.3 Å². The quantitative estimate of drug-likeness (QED) is 0.393. The molecule has 3 aromatic rings. The number of hydrogen-bond donors (Lipinski definition) is 0. The van der Waals surface area contributed by atoms with Gasteiger partial charge in [0.2, 0.25) is 5.89 Å². The van der Waals surface area contributed by atoms with Gasteiger partial charge in [0.25, 0.3) is 5.91 Å². The van der Waals surface area contributed by atoms with Gasteiger partial charge in [0, 0.05) is 25.1 Å². The van der Waals surface area contributed by atoms with Gasteiger partial charge in [-0.15, -0.1) is 0 Å². The van der Waals surface area contributed by atoms with Crippen LogP contribution < -0.4 is 0 Å². The molecule has 210 valence electrons. The van der Waals surface area contributed by atoms with Gasteiger partial charge in [-0.05, 0) is 56.9 Å². The highest BCUT2D eigenvalue weighted by Crippen LogP contribution is 2.33. The van der Waals surface area contributed by atoms with E-state index in [1.54, 1.807) is 9.80 Å². The third kappa shape index (κ3) is 6.16. The number of likely N-dealkylation sites (tertiary alicyclic amines) is 2. The molecular weight excluding hydrogens is 510 g/mol. The SMILES string of the molecule is CO/N=C1\C[C@@H](c2noc([C@@H]3CCCN(C(=O)OC(C)(C)C)C3)n2)N(C(=O)c2ccc(-c3ccccc3)cc2)C1. The van der Waals surface area contributed by atoms with Gasteiger partial charge in [0.1, 0.15) is 18.8 Å². The Hall–Kier alpha value is -4.21. The Bertz CT molecular complexity index is 1360. The average molecular weight is 546 g/mol. The van der Waals surface area contributed by atoms with Gasteiger partial charge in [0.15, 0.2) is 5.82 Å². The number of aromatic nitrogens is 2. The van der Waals surface area contributed by atoms with Crippen molar-refractivity contribution in [2.45, 2.75) is 57.6 Å². The number of rotatable bonds is 5. The fraction of sp³-hybridized carbons (Fsp3) is 0.433. The average Bonchev–Trinajstić information content (AvgIpc) is 3.60. The smallest absolute Gasteiger partial charge is 0.410 e. The number of carbonyl (C=O) groups is 2. The largest absolute Gasteiger partial charge is 0.444 e. The summed E-state index contributed by atoms with van der Waals surface area (Å²) in [6.07, 6.45) is 1.72. The Labute approximate surface area is 233 Å². The van der Waals surface area contributed by atoms with Crippen LogP contribution >= 0.6 is 0 Å². The van der Waals surface area contributed by atoms with Gasteiger partial charge in [0.05, 0.1) is 18.2 Å². The Morgan fingerprint density at radius 3 is 2.48 bits per heavy atom. The first-order chi connectivity index (χ1) is 19.2. The fourth-order valence-corrected chi connectivity index (χ4v) is 5.17. The third-order valence-electron chi connectivity index (χ3n) is 7.06. The van der Waals surface area contributed by atoms with E-state index in [2.05, 4.69) is 10.3 Å². The highest BCUT2D eigenvalue weighted by atomic mass is 16.6. The molecule has 0 N–H and O–H groups in total. The highest BCUT2D eigenvalue weighted by molar-refractivity contribution is 6.00. The van der Waals surface area contributed by atoms with Crippen molar-refractivity contribution >= 4 is 17.7 Å². The van der Waals surface area contributed by atoms with Crippen LogP contribution in [0.25, 0.3) is 11.1 Å². The molecule has 2 fully saturated rings. The maximum Gasteiger partial charge on any atom is 0.410 e. The van der Waals surface area contributed by atoms with E-state index in [1.807, 2.05) is 75.4 Å². The Morgan fingerprint density at radius 2 is 1.77 bits per heavy atom. The molecule has 5 rings (SSSR count). The van der Waals surface area contributed by atoms with Crippen LogP contribution in [0.15, 0.2) is 64.3 Å². The topological polar surface area (TPSA) is 110 Å². The molecule has 0 radical (unpaired) electrons. The normalized spacial score (nSPS) is 20.6. The summed E-state index contributed by atoms with van der Waals surface area (Å²) < 4.78 is 11.2. The minimum Gasteiger partial charge on any atom is -0.444 e. The lowest BCUT2D eigenvalue weighted by molar-refractivity contribution is 0.0188. The highest BCUT2D eigenvalue weighted by Gasteiger charge is 2.39. The van der Waals surface area contributed by atoms with Crippen molar-refractivity contribution in [2.24, 2.45) is 5.16 Å². The zero-order chi connectivity index (χ0) is 28.3. The van der Waals surface area contributed by atoms with Crippen LogP contribution in [0.3, 0.4) is 0 Å². The van der Waals surface area contributed by atoms with Crippen molar-refractivity contribution in [1.82, 2.24) is 19.9 Å². The van der Waals surface area contributed by atoms with Crippen LogP contribution in [0.4, 0.5) is 4.79 Å². The van der Waals surface area contributed by atoms with Gasteiger partial charge >= 0.3 is 6.09 Å². The fourth-order valence-electron chi connectivity index (χ4n) is 5.17. The molecule has 2 atom stereocenters. The summed E-state index contributed by atoms with van der Waals surface area (Å²) in [6, 6.07) is 17.1. The van der Waals surface area contributed by atoms with Crippen molar-refractivity contribution in [2.75, 3.05) is 26.7 Å². The van der Waals surface area contributed by atoms with E-state index in [9.17, 15) is 9.59 Å². The second-order valence-corrected chi connectivity index (χ2v) is 11.2. The van der Waals surface area contributed by atoms with Crippen LogP contribution in [0.5, 0.6) is 0 Å². The molecule has 2 amide bonds. The van der Waals surface area contributed by atoms with Gasteiger partial charge in [-0.2, -0.15) is 4.98 Å². The van der Waals surface area contributed by atoms with Crippen molar-refractivity contribution in [3.8, 4) is 11.1 Å². The minimum atomic E-state index is -0.566. The number of benzene rings is 2. The molecule has 0 saturated carbocycles. The second kappa shape index (κ2) is 11.5. The van der Waals surface area contributed by atoms with E-state index in [-0.39, 0.29) is 17.9 Å². The number of carbonyl (C=O) groups excluding carboxylic acids is 2. The number of oxime groups is 1. The summed E-state index contributed by atoms with van der Waals surface area (Å²) >= 11 is 0. The lowest BCUT2D eigenvalue weighted by Crippen LogP contribution is -2.42. The molecule has 10 heteroatoms. The monoisotopic (exact) mass is 545 g/mol. The van der Waals surface area contributed by atoms with Crippen molar-refractivity contribution in [1.29, 1.82) is 0 Å². The summed E-state index contributed by atoms with van der Waals surface area (Å²) in [5.41, 5.74) is 2.84. The molecule has 2 aliphatic heterocycles. The van der Waals surface area contributed by atoms with Gasteiger partial charge in [-0.3, -0.25) is 4.79 Å². The van der Waals surface area contributed by atoms with Crippen molar-refractivity contribution < 1.29 is 23.7 Å². The zero-order valence-electron chi connectivity index (χ0n) is 23.4. The number of hydrogen-bond acceptors (Lipinski definition) is 8. The van der Waals surface area contributed by atoms with E-state index in [1.165, 1.54) is 7.11 Å². The summed E-state index contributed by atoms with van der Waals surface area (Å²) in [6.45, 7) is 6.92. The van der Waals surface area contributed by atoms with Crippen LogP contribution in [-0.4, -0.2) is 70.0 Å². The molecule has 2 aromatic carbocycles. The minimum absolute atomic E-state index is 0.106. The summed E-state index contributed by atoms with van der Waals surface area (Å²) in [5.74, 6) is 0.622. The van der Waals surface area contributed by atoms with Gasteiger partial charge in [-0.25, -0.2) is 4.79 Å². The third-order valence-corrected chi connectivity index (χ3v) is 7.06. The first kappa shape index (κ1) is 27.4. The van der Waals surface area contributed by atoms with Crippen molar-refractivity contribution in [3.05, 3.63) is 71.9 Å². The van der Waals surface area contributed by atoms with Crippen LogP contribution in [0, 0.1) is 0 Å². The maximum atomic E-state index is 13.7. The Morgan fingerprint density at radius 1 is 1.05 bits per heavy atom. The number of piperidine rings is 1. The summed E-state index contributed by atoms with van der Waals surface area (Å²) in [7, 11) is 1.49. The summed E-state index contributed by atoms with van der Waals surface area (Å²) in [4.78, 5) is 39.4. The van der Waals surface area contributed by atoms with Crippen molar-refractivity contribution in [3.63, 3.8) is 0 Å². The lowest BCUT2D eigenvalue weighted by Gasteiger charge is -2.32. The molecule has 0 bridgehead atoms. The molecule has 10 nitrogen and oxygen atoms in total. The Balaban J connectivity index is 1.33. The first-order valence-corrected chi connectivity index (χ1v) is 13.6. The Kier molecular flexibility index (Phi) is 7.86. The molecule has 0 unspecified atom stereocenters. The molecule has 40 heavy (non-hydrogen) atoms. The summed E-state index contributed by atoms with van der Waals surface area (Å²) in [5, 5.41) is 8.38. The van der Waals surface area contributed by atoms with Gasteiger partial charge < -0.3 is 23.9 Å². The molecule has 1 aromatic heterocycles.